The van der Waals surface area contributed by atoms with Gasteiger partial charge in [0.2, 0.25) is 0 Å². The van der Waals surface area contributed by atoms with Gasteiger partial charge in [0.05, 0.1) is 0 Å². The van der Waals surface area contributed by atoms with Gasteiger partial charge < -0.3 is 26.2 Å². The van der Waals surface area contributed by atoms with E-state index in [1.54, 1.807) is 0 Å². The van der Waals surface area contributed by atoms with E-state index in [2.05, 4.69) is 27.5 Å². The zero-order valence-corrected chi connectivity index (χ0v) is 12.7. The summed E-state index contributed by atoms with van der Waals surface area (Å²) in [6, 6.07) is 0. The van der Waals surface area contributed by atoms with Crippen molar-refractivity contribution in [1.29, 1.82) is 0 Å². The van der Waals surface area contributed by atoms with Crippen molar-refractivity contribution in [2.45, 2.75) is 19.3 Å². The Kier molecular flexibility index (Phi) is 10.3. The molecular formula is C14H33N5. The second-order valence-electron chi connectivity index (χ2n) is 5.49. The third-order valence-corrected chi connectivity index (χ3v) is 3.68. The molecule has 1 aliphatic heterocycles. The molecular weight excluding hydrogens is 238 g/mol. The summed E-state index contributed by atoms with van der Waals surface area (Å²) in [6.07, 6.45) is 3.58. The van der Waals surface area contributed by atoms with E-state index in [0.29, 0.717) is 0 Å². The zero-order valence-electron chi connectivity index (χ0n) is 12.7. The van der Waals surface area contributed by atoms with Gasteiger partial charge in [-0.25, -0.2) is 0 Å². The molecule has 5 heteroatoms. The average molecular weight is 271 g/mol. The van der Waals surface area contributed by atoms with E-state index in [4.69, 9.17) is 5.73 Å². The van der Waals surface area contributed by atoms with Crippen molar-refractivity contribution >= 4 is 0 Å². The first-order chi connectivity index (χ1) is 9.33. The summed E-state index contributed by atoms with van der Waals surface area (Å²) in [4.78, 5) is 5.01. The Bertz CT molecular complexity index is 200. The highest BCUT2D eigenvalue weighted by Crippen LogP contribution is 1.96. The maximum Gasteiger partial charge on any atom is 0.0109 e. The van der Waals surface area contributed by atoms with E-state index in [1.807, 2.05) is 0 Å². The van der Waals surface area contributed by atoms with Crippen LogP contribution in [0.5, 0.6) is 0 Å². The minimum atomic E-state index is 0.802. The minimum absolute atomic E-state index is 0.802. The Labute approximate surface area is 118 Å². The molecule has 0 spiro atoms. The van der Waals surface area contributed by atoms with Crippen molar-refractivity contribution in [2.24, 2.45) is 5.73 Å². The summed E-state index contributed by atoms with van der Waals surface area (Å²) < 4.78 is 0. The number of hydrogen-bond donors (Lipinski definition) is 3. The summed E-state index contributed by atoms with van der Waals surface area (Å²) in [5, 5.41) is 6.98. The summed E-state index contributed by atoms with van der Waals surface area (Å²) in [5.74, 6) is 0. The van der Waals surface area contributed by atoms with Crippen molar-refractivity contribution in [3.63, 3.8) is 0 Å². The molecule has 19 heavy (non-hydrogen) atoms. The van der Waals surface area contributed by atoms with Gasteiger partial charge in [-0.2, -0.15) is 0 Å². The fourth-order valence-corrected chi connectivity index (χ4v) is 2.40. The molecule has 0 amide bonds. The third-order valence-electron chi connectivity index (χ3n) is 3.68. The Morgan fingerprint density at radius 2 is 1.58 bits per heavy atom. The van der Waals surface area contributed by atoms with Crippen LogP contribution in [0.25, 0.3) is 0 Å². The van der Waals surface area contributed by atoms with E-state index < -0.39 is 0 Å². The van der Waals surface area contributed by atoms with Crippen molar-refractivity contribution in [1.82, 2.24) is 20.4 Å². The van der Waals surface area contributed by atoms with Crippen LogP contribution in [0, 0.1) is 0 Å². The summed E-state index contributed by atoms with van der Waals surface area (Å²) in [6.45, 7) is 11.1. The maximum absolute atomic E-state index is 5.63. The highest BCUT2D eigenvalue weighted by atomic mass is 15.2. The summed E-state index contributed by atoms with van der Waals surface area (Å²) in [5.41, 5.74) is 5.63. The maximum atomic E-state index is 5.63. The van der Waals surface area contributed by atoms with Gasteiger partial charge in [-0.1, -0.05) is 0 Å². The van der Waals surface area contributed by atoms with Crippen LogP contribution < -0.4 is 16.4 Å². The molecule has 4 N–H and O–H groups in total. The number of nitrogens with zero attached hydrogens (tertiary/aromatic N) is 2. The van der Waals surface area contributed by atoms with Crippen LogP contribution >= 0.6 is 0 Å². The van der Waals surface area contributed by atoms with Crippen molar-refractivity contribution in [3.05, 3.63) is 0 Å². The molecule has 0 saturated carbocycles. The first kappa shape index (κ1) is 16.9. The normalized spacial score (nSPS) is 23.1. The lowest BCUT2D eigenvalue weighted by Crippen LogP contribution is -2.38. The second-order valence-corrected chi connectivity index (χ2v) is 5.49. The number of nitrogens with two attached hydrogens (primary N) is 1. The van der Waals surface area contributed by atoms with Crippen LogP contribution in [0.4, 0.5) is 0 Å². The monoisotopic (exact) mass is 271 g/mol. The predicted octanol–water partition coefficient (Wildman–Crippen LogP) is -0.458. The standard InChI is InChI=1S/C14H33N5/c1-18-10-3-6-16-8-9-17-7-4-12-19(14-13-18)11-2-5-15/h16-17H,2-15H2,1H3. The quantitative estimate of drug-likeness (QED) is 0.649. The van der Waals surface area contributed by atoms with Gasteiger partial charge in [-0.05, 0) is 65.6 Å². The zero-order chi connectivity index (χ0) is 13.8. The second kappa shape index (κ2) is 11.6. The Morgan fingerprint density at radius 1 is 0.895 bits per heavy atom. The lowest BCUT2D eigenvalue weighted by Gasteiger charge is -2.26. The Balaban J connectivity index is 2.30. The fraction of sp³-hybridized carbons (Fsp3) is 1.00. The van der Waals surface area contributed by atoms with Crippen molar-refractivity contribution in [3.8, 4) is 0 Å². The first-order valence-corrected chi connectivity index (χ1v) is 7.85. The number of nitrogens with one attached hydrogen (secondary N) is 2. The number of likely N-dealkylation sites (N-methyl/N-ethyl adjacent to an activating group) is 1. The smallest absolute Gasteiger partial charge is 0.0109 e. The number of hydrogen-bond acceptors (Lipinski definition) is 5. The predicted molar refractivity (Wildman–Crippen MR) is 82.6 cm³/mol. The lowest BCUT2D eigenvalue weighted by atomic mass is 10.3. The molecule has 0 aromatic carbocycles. The third kappa shape index (κ3) is 9.35. The molecule has 0 aromatic rings. The molecule has 1 rings (SSSR count). The van der Waals surface area contributed by atoms with Crippen LogP contribution in [0.15, 0.2) is 0 Å². The van der Waals surface area contributed by atoms with E-state index in [1.165, 1.54) is 32.5 Å². The van der Waals surface area contributed by atoms with Gasteiger partial charge in [0.15, 0.2) is 0 Å². The van der Waals surface area contributed by atoms with Crippen LogP contribution in [0.3, 0.4) is 0 Å². The van der Waals surface area contributed by atoms with E-state index in [-0.39, 0.29) is 0 Å². The van der Waals surface area contributed by atoms with Gasteiger partial charge in [0.1, 0.15) is 0 Å². The number of rotatable bonds is 3. The summed E-state index contributed by atoms with van der Waals surface area (Å²) >= 11 is 0. The SMILES string of the molecule is CN1CCCNCCNCCCN(CCCN)CC1. The minimum Gasteiger partial charge on any atom is -0.330 e. The largest absolute Gasteiger partial charge is 0.330 e. The van der Waals surface area contributed by atoms with Gasteiger partial charge >= 0.3 is 0 Å². The topological polar surface area (TPSA) is 56.6 Å². The van der Waals surface area contributed by atoms with Gasteiger partial charge in [0, 0.05) is 26.2 Å². The average Bonchev–Trinajstić information content (AvgIpc) is 2.42. The van der Waals surface area contributed by atoms with Crippen LogP contribution in [0.1, 0.15) is 19.3 Å². The molecule has 0 bridgehead atoms. The lowest BCUT2D eigenvalue weighted by molar-refractivity contribution is 0.219. The highest BCUT2D eigenvalue weighted by Gasteiger charge is 2.06. The van der Waals surface area contributed by atoms with Crippen LogP contribution in [-0.4, -0.2) is 82.3 Å². The van der Waals surface area contributed by atoms with E-state index >= 15 is 0 Å². The van der Waals surface area contributed by atoms with E-state index in [0.717, 1.165) is 52.2 Å². The van der Waals surface area contributed by atoms with E-state index in [9.17, 15) is 0 Å². The highest BCUT2D eigenvalue weighted by molar-refractivity contribution is 4.64. The molecule has 0 aliphatic carbocycles. The Hall–Kier alpha value is -0.200. The molecule has 1 aliphatic rings. The molecule has 1 fully saturated rings. The van der Waals surface area contributed by atoms with Crippen LogP contribution in [-0.2, 0) is 0 Å². The van der Waals surface area contributed by atoms with Crippen LogP contribution in [0.2, 0.25) is 0 Å². The first-order valence-electron chi connectivity index (χ1n) is 7.85. The van der Waals surface area contributed by atoms with Gasteiger partial charge in [-0.3, -0.25) is 0 Å². The molecule has 5 nitrogen and oxygen atoms in total. The van der Waals surface area contributed by atoms with Gasteiger partial charge in [-0.15, -0.1) is 0 Å². The molecule has 1 saturated heterocycles. The molecule has 0 atom stereocenters. The molecule has 0 radical (unpaired) electrons. The van der Waals surface area contributed by atoms with Gasteiger partial charge in [0.25, 0.3) is 0 Å². The fourth-order valence-electron chi connectivity index (χ4n) is 2.40. The molecule has 114 valence electrons. The van der Waals surface area contributed by atoms with Crippen molar-refractivity contribution in [2.75, 3.05) is 72.5 Å². The molecule has 0 aromatic heterocycles. The molecule has 0 unspecified atom stereocenters. The van der Waals surface area contributed by atoms with Crippen molar-refractivity contribution < 1.29 is 0 Å². The summed E-state index contributed by atoms with van der Waals surface area (Å²) in [7, 11) is 2.23. The molecule has 1 heterocycles. The Morgan fingerprint density at radius 3 is 2.26 bits per heavy atom.